The van der Waals surface area contributed by atoms with Crippen LogP contribution in [0.2, 0.25) is 0 Å². The van der Waals surface area contributed by atoms with E-state index >= 15 is 0 Å². The summed E-state index contributed by atoms with van der Waals surface area (Å²) in [4.78, 5) is 14.8. The summed E-state index contributed by atoms with van der Waals surface area (Å²) in [6, 6.07) is 9.80. The number of ether oxygens (including phenoxy) is 1. The normalized spacial score (nSPS) is 10.8. The number of oxazole rings is 1. The van der Waals surface area contributed by atoms with E-state index in [1.807, 2.05) is 49.4 Å². The van der Waals surface area contributed by atoms with Gasteiger partial charge in [-0.3, -0.25) is 0 Å². The molecule has 5 nitrogen and oxygen atoms in total. The molecule has 2 rings (SSSR count). The molecule has 1 aromatic heterocycles. The van der Waals surface area contributed by atoms with Crippen LogP contribution < -0.4 is 34.7 Å². The van der Waals surface area contributed by atoms with E-state index in [9.17, 15) is 9.90 Å². The Labute approximate surface area is 174 Å². The largest absolute Gasteiger partial charge is 1.00 e. The van der Waals surface area contributed by atoms with Gasteiger partial charge in [-0.2, -0.15) is 11.8 Å². The number of thioether (sulfide) groups is 1. The molecule has 0 saturated heterocycles. The average Bonchev–Trinajstić information content (AvgIpc) is 2.95. The zero-order valence-electron chi connectivity index (χ0n) is 14.6. The van der Waals surface area contributed by atoms with Crippen LogP contribution in [0.15, 0.2) is 46.9 Å². The van der Waals surface area contributed by atoms with E-state index in [4.69, 9.17) is 9.15 Å². The molecule has 0 fully saturated rings. The van der Waals surface area contributed by atoms with Crippen molar-refractivity contribution in [2.75, 3.05) is 24.7 Å². The van der Waals surface area contributed by atoms with Crippen molar-refractivity contribution >= 4 is 17.7 Å². The third-order valence-corrected chi connectivity index (χ3v) is 4.08. The predicted octanol–water partition coefficient (Wildman–Crippen LogP) is -0.748. The van der Waals surface area contributed by atoms with E-state index in [1.165, 1.54) is 11.8 Å². The summed E-state index contributed by atoms with van der Waals surface area (Å²) in [5, 5.41) is 10.2. The number of aromatic nitrogens is 1. The fraction of sp³-hybridized carbons (Fsp3) is 0.333. The number of carbonyl (C=O) groups excluding carboxylic acids is 1. The molecule has 128 valence electrons. The fourth-order valence-corrected chi connectivity index (χ4v) is 2.59. The van der Waals surface area contributed by atoms with Crippen LogP contribution in [0.25, 0.3) is 11.5 Å². The standard InChI is InChI=1S/C18H21NO4S.Na/c1-14-16(19-18(23-14)15-7-3-2-4-8-15)9-11-22-10-5-6-12-24-13-17(20)21;/h2-8H,9-13H2,1H3,(H,20,21);/q;+1/p-1/b6-5+;. The number of carboxylic acid groups (broad SMARTS) is 1. The quantitative estimate of drug-likeness (QED) is 0.312. The number of aryl methyl sites for hydroxylation is 1. The van der Waals surface area contributed by atoms with Gasteiger partial charge in [0.2, 0.25) is 5.89 Å². The third kappa shape index (κ3) is 8.25. The molecule has 1 heterocycles. The van der Waals surface area contributed by atoms with Crippen molar-refractivity contribution in [2.45, 2.75) is 13.3 Å². The zero-order valence-corrected chi connectivity index (χ0v) is 17.4. The second kappa shape index (κ2) is 12.3. The molecule has 0 aliphatic rings. The Hall–Kier alpha value is -1.05. The molecule has 0 radical (unpaired) electrons. The van der Waals surface area contributed by atoms with Gasteiger partial charge >= 0.3 is 29.6 Å². The molecular formula is C18H20NNaO4S. The van der Waals surface area contributed by atoms with Crippen LogP contribution in [0.3, 0.4) is 0 Å². The summed E-state index contributed by atoms with van der Waals surface area (Å²) in [7, 11) is 0. The number of hydrogen-bond donors (Lipinski definition) is 0. The first-order chi connectivity index (χ1) is 11.7. The van der Waals surface area contributed by atoms with Crippen LogP contribution in [-0.2, 0) is 16.0 Å². The first kappa shape index (κ1) is 22.0. The molecule has 0 saturated carbocycles. The first-order valence-corrected chi connectivity index (χ1v) is 8.84. The van der Waals surface area contributed by atoms with Crippen LogP contribution in [0.1, 0.15) is 11.5 Å². The molecule has 0 N–H and O–H groups in total. The van der Waals surface area contributed by atoms with Crippen LogP contribution in [-0.4, -0.2) is 35.7 Å². The fourth-order valence-electron chi connectivity index (χ4n) is 2.03. The van der Waals surface area contributed by atoms with Crippen molar-refractivity contribution in [3.63, 3.8) is 0 Å². The Morgan fingerprint density at radius 3 is 2.80 bits per heavy atom. The SMILES string of the molecule is Cc1oc(-c2ccccc2)nc1CCOC/C=C/CSCC(=O)[O-].[Na+]. The van der Waals surface area contributed by atoms with E-state index in [0.29, 0.717) is 31.3 Å². The molecule has 0 spiro atoms. The minimum Gasteiger partial charge on any atom is -0.549 e. The molecule has 1 aromatic carbocycles. The van der Waals surface area contributed by atoms with Crippen molar-refractivity contribution in [1.82, 2.24) is 4.98 Å². The second-order valence-corrected chi connectivity index (χ2v) is 6.10. The topological polar surface area (TPSA) is 75.4 Å². The Morgan fingerprint density at radius 2 is 2.08 bits per heavy atom. The molecule has 0 unspecified atom stereocenters. The number of carboxylic acids is 1. The number of rotatable bonds is 10. The molecule has 0 amide bonds. The minimum atomic E-state index is -1.04. The number of hydrogen-bond acceptors (Lipinski definition) is 6. The van der Waals surface area contributed by atoms with Crippen LogP contribution in [0, 0.1) is 6.92 Å². The summed E-state index contributed by atoms with van der Waals surface area (Å²) in [5.41, 5.74) is 1.87. The predicted molar refractivity (Wildman–Crippen MR) is 92.7 cm³/mol. The minimum absolute atomic E-state index is 0. The monoisotopic (exact) mass is 369 g/mol. The van der Waals surface area contributed by atoms with Crippen molar-refractivity contribution in [2.24, 2.45) is 0 Å². The van der Waals surface area contributed by atoms with Gasteiger partial charge in [0.25, 0.3) is 0 Å². The number of benzene rings is 1. The van der Waals surface area contributed by atoms with E-state index < -0.39 is 5.97 Å². The Balaban J connectivity index is 0.00000312. The van der Waals surface area contributed by atoms with Crippen molar-refractivity contribution in [1.29, 1.82) is 0 Å². The Kier molecular flexibility index (Phi) is 10.8. The van der Waals surface area contributed by atoms with Crippen molar-refractivity contribution < 1.29 is 48.6 Å². The molecule has 0 atom stereocenters. The van der Waals surface area contributed by atoms with Gasteiger partial charge in [-0.25, -0.2) is 4.98 Å². The van der Waals surface area contributed by atoms with Crippen LogP contribution in [0.4, 0.5) is 0 Å². The zero-order chi connectivity index (χ0) is 17.2. The van der Waals surface area contributed by atoms with Gasteiger partial charge < -0.3 is 19.1 Å². The number of aliphatic carboxylic acids is 1. The summed E-state index contributed by atoms with van der Waals surface area (Å²) in [5.74, 6) is 1.06. The van der Waals surface area contributed by atoms with Gasteiger partial charge in [-0.15, -0.1) is 0 Å². The van der Waals surface area contributed by atoms with Gasteiger partial charge in [0.05, 0.1) is 24.9 Å². The molecule has 2 aromatic rings. The maximum Gasteiger partial charge on any atom is 1.00 e. The smallest absolute Gasteiger partial charge is 0.549 e. The van der Waals surface area contributed by atoms with Gasteiger partial charge in [-0.05, 0) is 19.1 Å². The molecule has 25 heavy (non-hydrogen) atoms. The molecule has 0 aliphatic carbocycles. The summed E-state index contributed by atoms with van der Waals surface area (Å²) >= 11 is 1.30. The van der Waals surface area contributed by atoms with Gasteiger partial charge in [0.1, 0.15) is 5.76 Å². The van der Waals surface area contributed by atoms with Crippen molar-refractivity contribution in [3.8, 4) is 11.5 Å². The second-order valence-electron chi connectivity index (χ2n) is 5.07. The number of carbonyl (C=O) groups is 1. The summed E-state index contributed by atoms with van der Waals surface area (Å²) in [6.45, 7) is 2.95. The van der Waals surface area contributed by atoms with E-state index in [2.05, 4.69) is 4.98 Å². The van der Waals surface area contributed by atoms with E-state index in [1.54, 1.807) is 0 Å². The first-order valence-electron chi connectivity index (χ1n) is 7.69. The third-order valence-electron chi connectivity index (χ3n) is 3.21. The Morgan fingerprint density at radius 1 is 1.32 bits per heavy atom. The summed E-state index contributed by atoms with van der Waals surface area (Å²) < 4.78 is 11.2. The molecule has 0 aliphatic heterocycles. The molecule has 0 bridgehead atoms. The number of nitrogens with zero attached hydrogens (tertiary/aromatic N) is 1. The average molecular weight is 369 g/mol. The van der Waals surface area contributed by atoms with E-state index in [0.717, 1.165) is 17.0 Å². The van der Waals surface area contributed by atoms with Gasteiger partial charge in [0, 0.05) is 23.5 Å². The molecular weight excluding hydrogens is 349 g/mol. The van der Waals surface area contributed by atoms with Crippen molar-refractivity contribution in [3.05, 3.63) is 53.9 Å². The van der Waals surface area contributed by atoms with Crippen LogP contribution >= 0.6 is 11.8 Å². The Bertz CT molecular complexity index is 673. The van der Waals surface area contributed by atoms with E-state index in [-0.39, 0.29) is 35.3 Å². The van der Waals surface area contributed by atoms with Gasteiger partial charge in [-0.1, -0.05) is 30.4 Å². The summed E-state index contributed by atoms with van der Waals surface area (Å²) in [6.07, 6.45) is 4.46. The van der Waals surface area contributed by atoms with Gasteiger partial charge in [0.15, 0.2) is 0 Å². The maximum absolute atomic E-state index is 10.2. The molecule has 7 heteroatoms. The maximum atomic E-state index is 10.2. The van der Waals surface area contributed by atoms with Crippen LogP contribution in [0.5, 0.6) is 0 Å².